The number of esters is 1. The molecule has 134 valence electrons. The summed E-state index contributed by atoms with van der Waals surface area (Å²) in [4.78, 5) is 49.6. The van der Waals surface area contributed by atoms with Gasteiger partial charge in [-0.15, -0.1) is 11.3 Å². The van der Waals surface area contributed by atoms with E-state index < -0.39 is 36.0 Å². The van der Waals surface area contributed by atoms with Crippen LogP contribution in [0.2, 0.25) is 0 Å². The molecule has 8 nitrogen and oxygen atoms in total. The minimum atomic E-state index is -0.909. The first-order chi connectivity index (χ1) is 11.9. The molecule has 2 N–H and O–H groups in total. The fraction of sp³-hybridized carbons (Fsp3) is 0.500. The lowest BCUT2D eigenvalue weighted by atomic mass is 9.82. The Balaban J connectivity index is 1.55. The number of ether oxygens (including phenoxy) is 1. The Morgan fingerprint density at radius 2 is 2.00 bits per heavy atom. The highest BCUT2D eigenvalue weighted by Gasteiger charge is 2.52. The van der Waals surface area contributed by atoms with Crippen molar-refractivity contribution in [2.45, 2.75) is 44.6 Å². The molecule has 1 saturated heterocycles. The number of nitrogens with zero attached hydrogens (tertiary/aromatic N) is 1. The molecule has 0 radical (unpaired) electrons. The van der Waals surface area contributed by atoms with Gasteiger partial charge in [-0.05, 0) is 31.9 Å². The average molecular weight is 365 g/mol. The summed E-state index contributed by atoms with van der Waals surface area (Å²) in [6.45, 7) is 1.28. The second-order valence-electron chi connectivity index (χ2n) is 6.23. The van der Waals surface area contributed by atoms with Gasteiger partial charge in [0.05, 0.1) is 0 Å². The van der Waals surface area contributed by atoms with Crippen molar-refractivity contribution in [3.63, 3.8) is 0 Å². The van der Waals surface area contributed by atoms with E-state index in [2.05, 4.69) is 10.7 Å². The summed E-state index contributed by atoms with van der Waals surface area (Å²) in [5.74, 6) is -1.81. The number of carbonyl (C=O) groups excluding carboxylic acids is 4. The Morgan fingerprint density at radius 1 is 1.28 bits per heavy atom. The number of rotatable bonds is 4. The van der Waals surface area contributed by atoms with Gasteiger partial charge in [0.1, 0.15) is 10.4 Å². The molecule has 0 unspecified atom stereocenters. The van der Waals surface area contributed by atoms with Crippen LogP contribution in [0.3, 0.4) is 0 Å². The van der Waals surface area contributed by atoms with Crippen molar-refractivity contribution in [1.82, 2.24) is 15.8 Å². The van der Waals surface area contributed by atoms with E-state index in [1.54, 1.807) is 12.1 Å². The topological polar surface area (TPSA) is 105 Å². The van der Waals surface area contributed by atoms with Crippen LogP contribution in [0, 0.1) is 6.92 Å². The summed E-state index contributed by atoms with van der Waals surface area (Å²) in [5, 5.41) is 3.38. The first-order valence-corrected chi connectivity index (χ1v) is 8.93. The summed E-state index contributed by atoms with van der Waals surface area (Å²) >= 11 is 1.26. The molecule has 4 amide bonds. The Morgan fingerprint density at radius 3 is 2.64 bits per heavy atom. The zero-order valence-electron chi connectivity index (χ0n) is 13.8. The number of amides is 4. The molecular weight excluding hydrogens is 346 g/mol. The second kappa shape index (κ2) is 6.83. The molecule has 1 spiro atoms. The van der Waals surface area contributed by atoms with Crippen LogP contribution in [0.5, 0.6) is 0 Å². The van der Waals surface area contributed by atoms with Crippen molar-refractivity contribution in [1.29, 1.82) is 0 Å². The minimum absolute atomic E-state index is 0.390. The zero-order valence-corrected chi connectivity index (χ0v) is 14.6. The van der Waals surface area contributed by atoms with E-state index in [4.69, 9.17) is 4.74 Å². The van der Waals surface area contributed by atoms with E-state index in [-0.39, 0.29) is 0 Å². The number of imide groups is 1. The molecule has 1 saturated carbocycles. The number of hydrazine groups is 1. The molecule has 0 aromatic carbocycles. The van der Waals surface area contributed by atoms with Crippen LogP contribution in [-0.4, -0.2) is 41.0 Å². The molecule has 1 aliphatic heterocycles. The van der Waals surface area contributed by atoms with E-state index in [0.29, 0.717) is 22.7 Å². The Bertz CT molecular complexity index is 723. The third-order valence-electron chi connectivity index (χ3n) is 4.38. The highest BCUT2D eigenvalue weighted by molar-refractivity contribution is 7.13. The maximum atomic E-state index is 12.5. The molecule has 2 fully saturated rings. The molecule has 1 aromatic heterocycles. The first-order valence-electron chi connectivity index (χ1n) is 8.11. The molecular formula is C16H19N3O5S. The number of thiophene rings is 1. The van der Waals surface area contributed by atoms with Crippen LogP contribution in [0.15, 0.2) is 12.1 Å². The highest BCUT2D eigenvalue weighted by atomic mass is 32.1. The lowest BCUT2D eigenvalue weighted by molar-refractivity contribution is -0.140. The smallest absolute Gasteiger partial charge is 0.348 e. The van der Waals surface area contributed by atoms with E-state index in [1.165, 1.54) is 11.3 Å². The van der Waals surface area contributed by atoms with Crippen molar-refractivity contribution < 1.29 is 23.9 Å². The van der Waals surface area contributed by atoms with Crippen LogP contribution in [0.4, 0.5) is 4.79 Å². The predicted octanol–water partition coefficient (Wildman–Crippen LogP) is 1.50. The average Bonchev–Trinajstić information content (AvgIpc) is 3.11. The van der Waals surface area contributed by atoms with Gasteiger partial charge < -0.3 is 10.1 Å². The number of aryl methyl sites for hydroxylation is 1. The summed E-state index contributed by atoms with van der Waals surface area (Å²) in [6.07, 6.45) is 3.86. The molecule has 1 aliphatic carbocycles. The molecule has 2 heterocycles. The van der Waals surface area contributed by atoms with E-state index >= 15 is 0 Å². The summed E-state index contributed by atoms with van der Waals surface area (Å²) < 4.78 is 4.91. The normalized spacial score (nSPS) is 19.0. The number of carbonyl (C=O) groups is 4. The van der Waals surface area contributed by atoms with Gasteiger partial charge in [-0.25, -0.2) is 9.59 Å². The molecule has 9 heteroatoms. The molecule has 1 aromatic rings. The standard InChI is InChI=1S/C16H19N3O5S/c1-10-5-6-11(25-10)13(21)24-9-12(20)18-19-14(22)16(17-15(19)23)7-3-2-4-8-16/h5-6H,2-4,7-9H2,1H3,(H,17,23)(H,18,20). The van der Waals surface area contributed by atoms with Crippen molar-refractivity contribution in [3.05, 3.63) is 21.9 Å². The number of hydrogen-bond acceptors (Lipinski definition) is 6. The van der Waals surface area contributed by atoms with Crippen LogP contribution >= 0.6 is 11.3 Å². The van der Waals surface area contributed by atoms with Gasteiger partial charge in [0.25, 0.3) is 11.8 Å². The Labute approximate surface area is 148 Å². The van der Waals surface area contributed by atoms with Crippen molar-refractivity contribution in [2.75, 3.05) is 6.61 Å². The SMILES string of the molecule is Cc1ccc(C(=O)OCC(=O)NN2C(=O)NC3(CCCCC3)C2=O)s1. The third kappa shape index (κ3) is 3.51. The highest BCUT2D eigenvalue weighted by Crippen LogP contribution is 2.32. The van der Waals surface area contributed by atoms with Crippen LogP contribution < -0.4 is 10.7 Å². The largest absolute Gasteiger partial charge is 0.451 e. The number of hydrogen-bond donors (Lipinski definition) is 2. The van der Waals surface area contributed by atoms with Gasteiger partial charge in [0.2, 0.25) is 0 Å². The van der Waals surface area contributed by atoms with Gasteiger partial charge in [0, 0.05) is 4.88 Å². The van der Waals surface area contributed by atoms with Crippen molar-refractivity contribution in [2.24, 2.45) is 0 Å². The predicted molar refractivity (Wildman–Crippen MR) is 88.7 cm³/mol. The molecule has 25 heavy (non-hydrogen) atoms. The summed E-state index contributed by atoms with van der Waals surface area (Å²) in [7, 11) is 0. The molecule has 2 aliphatic rings. The van der Waals surface area contributed by atoms with Gasteiger partial charge in [-0.3, -0.25) is 15.0 Å². The van der Waals surface area contributed by atoms with Gasteiger partial charge in [0.15, 0.2) is 6.61 Å². The van der Waals surface area contributed by atoms with E-state index in [1.807, 2.05) is 6.92 Å². The maximum absolute atomic E-state index is 12.5. The van der Waals surface area contributed by atoms with Gasteiger partial charge >= 0.3 is 12.0 Å². The molecule has 0 atom stereocenters. The fourth-order valence-electron chi connectivity index (χ4n) is 3.12. The van der Waals surface area contributed by atoms with Crippen molar-refractivity contribution >= 4 is 35.2 Å². The lowest BCUT2D eigenvalue weighted by Crippen LogP contribution is -2.51. The van der Waals surface area contributed by atoms with Crippen LogP contribution in [0.25, 0.3) is 0 Å². The second-order valence-corrected chi connectivity index (χ2v) is 7.52. The Kier molecular flexibility index (Phi) is 4.76. The van der Waals surface area contributed by atoms with E-state index in [9.17, 15) is 19.2 Å². The van der Waals surface area contributed by atoms with Gasteiger partial charge in [-0.2, -0.15) is 5.01 Å². The monoisotopic (exact) mass is 365 g/mol. The third-order valence-corrected chi connectivity index (χ3v) is 5.36. The Hall–Kier alpha value is -2.42. The number of urea groups is 1. The van der Waals surface area contributed by atoms with E-state index in [0.717, 1.165) is 24.1 Å². The zero-order chi connectivity index (χ0) is 18.0. The van der Waals surface area contributed by atoms with Crippen LogP contribution in [-0.2, 0) is 14.3 Å². The minimum Gasteiger partial charge on any atom is -0.451 e. The van der Waals surface area contributed by atoms with Gasteiger partial charge in [-0.1, -0.05) is 19.3 Å². The summed E-state index contributed by atoms with van der Waals surface area (Å²) in [6, 6.07) is 2.74. The lowest BCUT2D eigenvalue weighted by Gasteiger charge is -2.30. The molecule has 3 rings (SSSR count). The quantitative estimate of drug-likeness (QED) is 0.621. The molecule has 0 bridgehead atoms. The summed E-state index contributed by atoms with van der Waals surface area (Å²) in [5.41, 5.74) is 1.31. The fourth-order valence-corrected chi connectivity index (χ4v) is 3.88. The van der Waals surface area contributed by atoms with Crippen LogP contribution in [0.1, 0.15) is 46.7 Å². The van der Waals surface area contributed by atoms with Crippen molar-refractivity contribution in [3.8, 4) is 0 Å². The first kappa shape index (κ1) is 17.4. The number of nitrogens with one attached hydrogen (secondary N) is 2. The maximum Gasteiger partial charge on any atom is 0.348 e.